The van der Waals surface area contributed by atoms with Crippen molar-refractivity contribution >= 4 is 38.1 Å². The van der Waals surface area contributed by atoms with Crippen LogP contribution in [0.25, 0.3) is 0 Å². The van der Waals surface area contributed by atoms with Crippen LogP contribution < -0.4 is 5.32 Å². The maximum atomic E-state index is 11.2. The topological polar surface area (TPSA) is 46.2 Å². The quantitative estimate of drug-likeness (QED) is 0.579. The lowest BCUT2D eigenvalue weighted by molar-refractivity contribution is 0.603. The summed E-state index contributed by atoms with van der Waals surface area (Å²) in [5.74, 6) is 1.25. The lowest BCUT2D eigenvalue weighted by atomic mass is 10.2. The number of hydrogen-bond acceptors (Lipinski definition) is 4. The van der Waals surface area contributed by atoms with E-state index in [4.69, 9.17) is 12.2 Å². The van der Waals surface area contributed by atoms with E-state index in [2.05, 4.69) is 12.2 Å². The van der Waals surface area contributed by atoms with Gasteiger partial charge in [-0.3, -0.25) is 0 Å². The SMILES string of the molecule is CCCCCCCSC(=S)NC1=CCS(=O)(=O)C1. The Labute approximate surface area is 120 Å². The predicted octanol–water partition coefficient (Wildman–Crippen LogP) is 2.88. The fraction of sp³-hybridized carbons (Fsp3) is 0.750. The zero-order chi connectivity index (χ0) is 13.4. The molecule has 0 aromatic heterocycles. The molecule has 0 saturated carbocycles. The van der Waals surface area contributed by atoms with E-state index >= 15 is 0 Å². The molecule has 0 unspecified atom stereocenters. The Hall–Kier alpha value is -0.0700. The lowest BCUT2D eigenvalue weighted by Crippen LogP contribution is -2.20. The van der Waals surface area contributed by atoms with Crippen molar-refractivity contribution in [1.82, 2.24) is 5.32 Å². The van der Waals surface area contributed by atoms with E-state index < -0.39 is 9.84 Å². The molecule has 1 rings (SSSR count). The third-order valence-corrected chi connectivity index (χ3v) is 5.44. The van der Waals surface area contributed by atoms with E-state index in [1.807, 2.05) is 0 Å². The molecule has 0 spiro atoms. The summed E-state index contributed by atoms with van der Waals surface area (Å²) in [6.45, 7) is 2.21. The third kappa shape index (κ3) is 6.75. The number of thioether (sulfide) groups is 1. The minimum Gasteiger partial charge on any atom is -0.344 e. The predicted molar refractivity (Wildman–Crippen MR) is 83.7 cm³/mol. The molecule has 0 aliphatic carbocycles. The van der Waals surface area contributed by atoms with Crippen molar-refractivity contribution in [3.8, 4) is 0 Å². The molecule has 0 amide bonds. The van der Waals surface area contributed by atoms with Crippen LogP contribution >= 0.6 is 24.0 Å². The monoisotopic (exact) mass is 307 g/mol. The standard InChI is InChI=1S/C12H21NO2S3/c1-2-3-4-5-6-8-17-12(16)13-11-7-9-18(14,15)10-11/h7H,2-6,8-10H2,1H3,(H,13,16). The molecule has 1 aliphatic rings. The minimum absolute atomic E-state index is 0.101. The summed E-state index contributed by atoms with van der Waals surface area (Å²) in [4.78, 5) is 0. The van der Waals surface area contributed by atoms with Gasteiger partial charge >= 0.3 is 0 Å². The van der Waals surface area contributed by atoms with Crippen molar-refractivity contribution in [2.45, 2.75) is 39.0 Å². The van der Waals surface area contributed by atoms with Crippen molar-refractivity contribution in [2.75, 3.05) is 17.3 Å². The molecule has 0 fully saturated rings. The molecule has 0 aromatic carbocycles. The molecule has 1 aliphatic heterocycles. The Morgan fingerprint density at radius 3 is 2.72 bits per heavy atom. The average molecular weight is 308 g/mol. The first-order valence-corrected chi connectivity index (χ1v) is 9.58. The molecule has 0 saturated heterocycles. The zero-order valence-electron chi connectivity index (χ0n) is 10.8. The lowest BCUT2D eigenvalue weighted by Gasteiger charge is -2.07. The largest absolute Gasteiger partial charge is 0.344 e. The van der Waals surface area contributed by atoms with Gasteiger partial charge in [-0.25, -0.2) is 8.42 Å². The van der Waals surface area contributed by atoms with Crippen molar-refractivity contribution in [2.24, 2.45) is 0 Å². The Kier molecular flexibility index (Phi) is 7.26. The minimum atomic E-state index is -2.90. The number of hydrogen-bond donors (Lipinski definition) is 1. The summed E-state index contributed by atoms with van der Waals surface area (Å²) in [6, 6.07) is 0. The molecule has 104 valence electrons. The maximum Gasteiger partial charge on any atom is 0.159 e. The second-order valence-electron chi connectivity index (χ2n) is 4.46. The molecule has 6 heteroatoms. The average Bonchev–Trinajstić information content (AvgIpc) is 2.63. The fourth-order valence-corrected chi connectivity index (χ4v) is 4.06. The second kappa shape index (κ2) is 8.17. The van der Waals surface area contributed by atoms with Gasteiger partial charge in [0.1, 0.15) is 4.32 Å². The smallest absolute Gasteiger partial charge is 0.159 e. The van der Waals surface area contributed by atoms with Crippen LogP contribution in [0.5, 0.6) is 0 Å². The highest BCUT2D eigenvalue weighted by Gasteiger charge is 2.20. The summed E-state index contributed by atoms with van der Waals surface area (Å²) in [7, 11) is -2.90. The van der Waals surface area contributed by atoms with E-state index in [0.29, 0.717) is 4.32 Å². The zero-order valence-corrected chi connectivity index (χ0v) is 13.2. The number of sulfone groups is 1. The first kappa shape index (κ1) is 16.0. The molecule has 0 bridgehead atoms. The molecule has 1 N–H and O–H groups in total. The van der Waals surface area contributed by atoms with Crippen LogP contribution in [0.15, 0.2) is 11.8 Å². The first-order chi connectivity index (χ1) is 8.53. The van der Waals surface area contributed by atoms with Gasteiger partial charge in [0.05, 0.1) is 11.5 Å². The van der Waals surface area contributed by atoms with E-state index in [0.717, 1.165) is 11.4 Å². The third-order valence-electron chi connectivity index (χ3n) is 2.70. The molecule has 0 radical (unpaired) electrons. The Morgan fingerprint density at radius 2 is 2.11 bits per heavy atom. The molecular formula is C12H21NO2S3. The van der Waals surface area contributed by atoms with Crippen LogP contribution in [-0.4, -0.2) is 30.0 Å². The van der Waals surface area contributed by atoms with Gasteiger partial charge < -0.3 is 5.32 Å². The fourth-order valence-electron chi connectivity index (χ4n) is 1.71. The summed E-state index contributed by atoms with van der Waals surface area (Å²) in [6.07, 6.45) is 7.99. The van der Waals surface area contributed by atoms with Gasteiger partial charge in [-0.15, -0.1) is 0 Å². The van der Waals surface area contributed by atoms with Gasteiger partial charge in [-0.1, -0.05) is 56.6 Å². The van der Waals surface area contributed by atoms with Crippen molar-refractivity contribution in [1.29, 1.82) is 0 Å². The van der Waals surface area contributed by atoms with E-state index in [-0.39, 0.29) is 11.5 Å². The van der Waals surface area contributed by atoms with Crippen LogP contribution in [0.4, 0.5) is 0 Å². The van der Waals surface area contributed by atoms with Gasteiger partial charge in [0.15, 0.2) is 9.84 Å². The van der Waals surface area contributed by atoms with E-state index in [1.54, 1.807) is 17.8 Å². The molecular weight excluding hydrogens is 286 g/mol. The molecule has 3 nitrogen and oxygen atoms in total. The molecule has 1 heterocycles. The Balaban J connectivity index is 2.08. The Bertz CT molecular complexity index is 402. The molecule has 18 heavy (non-hydrogen) atoms. The summed E-state index contributed by atoms with van der Waals surface area (Å²) >= 11 is 6.79. The van der Waals surface area contributed by atoms with Crippen LogP contribution in [-0.2, 0) is 9.84 Å². The second-order valence-corrected chi connectivity index (χ2v) is 8.34. The van der Waals surface area contributed by atoms with Gasteiger partial charge in [0.2, 0.25) is 0 Å². The maximum absolute atomic E-state index is 11.2. The Morgan fingerprint density at radius 1 is 1.39 bits per heavy atom. The highest BCUT2D eigenvalue weighted by atomic mass is 32.2. The van der Waals surface area contributed by atoms with E-state index in [9.17, 15) is 8.42 Å². The number of nitrogens with one attached hydrogen (secondary N) is 1. The van der Waals surface area contributed by atoms with Gasteiger partial charge in [0, 0.05) is 11.4 Å². The van der Waals surface area contributed by atoms with Crippen LogP contribution in [0.2, 0.25) is 0 Å². The molecule has 0 atom stereocenters. The highest BCUT2D eigenvalue weighted by molar-refractivity contribution is 8.22. The van der Waals surface area contributed by atoms with E-state index in [1.165, 1.54) is 32.1 Å². The van der Waals surface area contributed by atoms with Crippen molar-refractivity contribution in [3.05, 3.63) is 11.8 Å². The number of thiocarbonyl (C=S) groups is 1. The first-order valence-electron chi connectivity index (χ1n) is 6.37. The van der Waals surface area contributed by atoms with Crippen LogP contribution in [0.1, 0.15) is 39.0 Å². The normalized spacial score (nSPS) is 17.5. The van der Waals surface area contributed by atoms with Crippen molar-refractivity contribution < 1.29 is 8.42 Å². The van der Waals surface area contributed by atoms with Crippen LogP contribution in [0.3, 0.4) is 0 Å². The van der Waals surface area contributed by atoms with Gasteiger partial charge in [0.25, 0.3) is 0 Å². The van der Waals surface area contributed by atoms with Crippen LogP contribution in [0, 0.1) is 0 Å². The number of unbranched alkanes of at least 4 members (excludes halogenated alkanes) is 4. The highest BCUT2D eigenvalue weighted by Crippen LogP contribution is 2.13. The molecule has 0 aromatic rings. The van der Waals surface area contributed by atoms with Crippen molar-refractivity contribution in [3.63, 3.8) is 0 Å². The van der Waals surface area contributed by atoms with Gasteiger partial charge in [-0.2, -0.15) is 0 Å². The summed E-state index contributed by atoms with van der Waals surface area (Å²) in [5, 5.41) is 3.01. The van der Waals surface area contributed by atoms with Gasteiger partial charge in [-0.05, 0) is 12.5 Å². The summed E-state index contributed by atoms with van der Waals surface area (Å²) < 4.78 is 23.2. The number of rotatable bonds is 7. The summed E-state index contributed by atoms with van der Waals surface area (Å²) in [5.41, 5.74) is 0.735.